The Morgan fingerprint density at radius 3 is 3.18 bits per heavy atom. The molecule has 1 atom stereocenters. The van der Waals surface area contributed by atoms with Gasteiger partial charge in [0.05, 0.1) is 6.61 Å². The molecule has 1 aromatic carbocycles. The molecule has 2 rings (SSSR count). The maximum atomic E-state index is 11.6. The number of hydrogen-bond donors (Lipinski definition) is 1. The minimum Gasteiger partial charge on any atom is -0.465 e. The molecule has 0 amide bonds. The Morgan fingerprint density at radius 1 is 1.59 bits per heavy atom. The predicted octanol–water partition coefficient (Wildman–Crippen LogP) is 2.29. The smallest absolute Gasteiger partial charge is 0.327 e. The third-order valence-corrected chi connectivity index (χ3v) is 4.03. The summed E-state index contributed by atoms with van der Waals surface area (Å²) in [7, 11) is 0. The van der Waals surface area contributed by atoms with Gasteiger partial charge in [-0.25, -0.2) is 4.79 Å². The van der Waals surface area contributed by atoms with Gasteiger partial charge in [0.25, 0.3) is 0 Å². The Balaban J connectivity index is 2.18. The lowest BCUT2D eigenvalue weighted by atomic mass is 10.0. The molecule has 0 fully saturated rings. The van der Waals surface area contributed by atoms with Gasteiger partial charge in [-0.3, -0.25) is 0 Å². The monoisotopic (exact) mass is 251 g/mol. The van der Waals surface area contributed by atoms with Crippen LogP contribution in [-0.4, -0.2) is 18.3 Å². The highest BCUT2D eigenvalue weighted by atomic mass is 32.2. The lowest BCUT2D eigenvalue weighted by Crippen LogP contribution is -2.24. The van der Waals surface area contributed by atoms with Gasteiger partial charge >= 0.3 is 5.97 Å². The SMILES string of the molecule is CCOC(=O)C(N)c1ccc2c(c1)CCCS2. The van der Waals surface area contributed by atoms with Crippen molar-refractivity contribution >= 4 is 17.7 Å². The third-order valence-electron chi connectivity index (χ3n) is 2.83. The van der Waals surface area contributed by atoms with Crippen molar-refractivity contribution in [1.82, 2.24) is 0 Å². The fourth-order valence-electron chi connectivity index (χ4n) is 1.94. The number of ether oxygens (including phenoxy) is 1. The van der Waals surface area contributed by atoms with Gasteiger partial charge < -0.3 is 10.5 Å². The van der Waals surface area contributed by atoms with Crippen molar-refractivity contribution < 1.29 is 9.53 Å². The van der Waals surface area contributed by atoms with E-state index in [-0.39, 0.29) is 5.97 Å². The summed E-state index contributed by atoms with van der Waals surface area (Å²) in [5, 5.41) is 0. The number of carbonyl (C=O) groups is 1. The highest BCUT2D eigenvalue weighted by Gasteiger charge is 2.19. The molecule has 0 aromatic heterocycles. The Kier molecular flexibility index (Phi) is 4.07. The van der Waals surface area contributed by atoms with E-state index in [2.05, 4.69) is 6.07 Å². The molecule has 0 bridgehead atoms. The summed E-state index contributed by atoms with van der Waals surface area (Å²) < 4.78 is 4.93. The third kappa shape index (κ3) is 2.82. The van der Waals surface area contributed by atoms with E-state index in [1.165, 1.54) is 22.6 Å². The molecule has 0 aliphatic carbocycles. The Bertz CT molecular complexity index is 420. The van der Waals surface area contributed by atoms with E-state index in [0.29, 0.717) is 6.61 Å². The van der Waals surface area contributed by atoms with Gasteiger partial charge in [0, 0.05) is 4.90 Å². The largest absolute Gasteiger partial charge is 0.465 e. The number of carbonyl (C=O) groups excluding carboxylic acids is 1. The van der Waals surface area contributed by atoms with E-state index in [1.807, 2.05) is 23.9 Å². The molecule has 3 nitrogen and oxygen atoms in total. The highest BCUT2D eigenvalue weighted by molar-refractivity contribution is 7.99. The molecule has 0 spiro atoms. The summed E-state index contributed by atoms with van der Waals surface area (Å²) >= 11 is 1.87. The van der Waals surface area contributed by atoms with Crippen molar-refractivity contribution in [2.24, 2.45) is 5.73 Å². The Hall–Kier alpha value is -1.00. The van der Waals surface area contributed by atoms with Crippen molar-refractivity contribution in [3.8, 4) is 0 Å². The standard InChI is InChI=1S/C13H17NO2S/c1-2-16-13(15)12(14)10-5-6-11-9(8-10)4-3-7-17-11/h5-6,8,12H,2-4,7,14H2,1H3. The predicted molar refractivity (Wildman–Crippen MR) is 69.0 cm³/mol. The van der Waals surface area contributed by atoms with Gasteiger partial charge in [0.2, 0.25) is 0 Å². The van der Waals surface area contributed by atoms with Crippen LogP contribution in [0.25, 0.3) is 0 Å². The molecule has 1 aromatic rings. The summed E-state index contributed by atoms with van der Waals surface area (Å²) in [6, 6.07) is 5.38. The molecule has 1 aliphatic rings. The maximum Gasteiger partial charge on any atom is 0.327 e. The first-order valence-corrected chi connectivity index (χ1v) is 6.88. The molecule has 1 unspecified atom stereocenters. The first-order chi connectivity index (χ1) is 8.22. The average Bonchev–Trinajstić information content (AvgIpc) is 2.37. The number of nitrogens with two attached hydrogens (primary N) is 1. The molecule has 1 heterocycles. The van der Waals surface area contributed by atoms with Crippen LogP contribution in [0, 0.1) is 0 Å². The lowest BCUT2D eigenvalue weighted by molar-refractivity contribution is -0.144. The van der Waals surface area contributed by atoms with Gasteiger partial charge in [-0.15, -0.1) is 11.8 Å². The number of rotatable bonds is 3. The van der Waals surface area contributed by atoms with Gasteiger partial charge in [-0.2, -0.15) is 0 Å². The van der Waals surface area contributed by atoms with Gasteiger partial charge in [-0.1, -0.05) is 12.1 Å². The first-order valence-electron chi connectivity index (χ1n) is 5.90. The summed E-state index contributed by atoms with van der Waals surface area (Å²) in [5.41, 5.74) is 8.03. The Morgan fingerprint density at radius 2 is 2.41 bits per heavy atom. The number of esters is 1. The minimum absolute atomic E-state index is 0.351. The topological polar surface area (TPSA) is 52.3 Å². The van der Waals surface area contributed by atoms with E-state index >= 15 is 0 Å². The highest BCUT2D eigenvalue weighted by Crippen LogP contribution is 2.31. The van der Waals surface area contributed by atoms with Crippen LogP contribution in [0.1, 0.15) is 30.5 Å². The number of aryl methyl sites for hydroxylation is 1. The maximum absolute atomic E-state index is 11.6. The van der Waals surface area contributed by atoms with E-state index < -0.39 is 6.04 Å². The van der Waals surface area contributed by atoms with Crippen LogP contribution in [0.4, 0.5) is 0 Å². The number of benzene rings is 1. The van der Waals surface area contributed by atoms with Gasteiger partial charge in [-0.05, 0) is 42.7 Å². The van der Waals surface area contributed by atoms with Crippen LogP contribution in [-0.2, 0) is 16.0 Å². The second kappa shape index (κ2) is 5.56. The second-order valence-electron chi connectivity index (χ2n) is 4.05. The van der Waals surface area contributed by atoms with Crippen LogP contribution in [0.2, 0.25) is 0 Å². The second-order valence-corrected chi connectivity index (χ2v) is 5.19. The van der Waals surface area contributed by atoms with Crippen molar-refractivity contribution in [2.45, 2.75) is 30.7 Å². The Labute approximate surface area is 106 Å². The lowest BCUT2D eigenvalue weighted by Gasteiger charge is -2.18. The molecule has 2 N–H and O–H groups in total. The molecule has 0 radical (unpaired) electrons. The molecule has 17 heavy (non-hydrogen) atoms. The number of fused-ring (bicyclic) bond motifs is 1. The molecule has 0 saturated carbocycles. The molecule has 1 aliphatic heterocycles. The van der Waals surface area contributed by atoms with Crippen LogP contribution >= 0.6 is 11.8 Å². The fourth-order valence-corrected chi connectivity index (χ4v) is 2.96. The van der Waals surface area contributed by atoms with Crippen LogP contribution in [0.5, 0.6) is 0 Å². The van der Waals surface area contributed by atoms with Gasteiger partial charge in [0.15, 0.2) is 0 Å². The summed E-state index contributed by atoms with van der Waals surface area (Å²) in [4.78, 5) is 12.9. The van der Waals surface area contributed by atoms with E-state index in [4.69, 9.17) is 10.5 Å². The zero-order valence-electron chi connectivity index (χ0n) is 9.94. The summed E-state index contributed by atoms with van der Waals surface area (Å²) in [6.07, 6.45) is 2.27. The minimum atomic E-state index is -0.660. The normalized spacial score (nSPS) is 16.1. The quantitative estimate of drug-likeness (QED) is 0.837. The van der Waals surface area contributed by atoms with Crippen molar-refractivity contribution in [2.75, 3.05) is 12.4 Å². The van der Waals surface area contributed by atoms with E-state index in [9.17, 15) is 4.79 Å². The molecule has 92 valence electrons. The van der Waals surface area contributed by atoms with Crippen LogP contribution in [0.15, 0.2) is 23.1 Å². The molecule has 4 heteroatoms. The fraction of sp³-hybridized carbons (Fsp3) is 0.462. The average molecular weight is 251 g/mol. The van der Waals surface area contributed by atoms with Gasteiger partial charge in [0.1, 0.15) is 6.04 Å². The summed E-state index contributed by atoms with van der Waals surface area (Å²) in [6.45, 7) is 2.15. The molecule has 0 saturated heterocycles. The number of thioether (sulfide) groups is 1. The summed E-state index contributed by atoms with van der Waals surface area (Å²) in [5.74, 6) is 0.826. The van der Waals surface area contributed by atoms with Crippen molar-refractivity contribution in [1.29, 1.82) is 0 Å². The zero-order valence-corrected chi connectivity index (χ0v) is 10.8. The zero-order chi connectivity index (χ0) is 12.3. The molecular weight excluding hydrogens is 234 g/mol. The van der Waals surface area contributed by atoms with Crippen molar-refractivity contribution in [3.05, 3.63) is 29.3 Å². The molecular formula is C13H17NO2S. The van der Waals surface area contributed by atoms with Crippen LogP contribution in [0.3, 0.4) is 0 Å². The van der Waals surface area contributed by atoms with E-state index in [0.717, 1.165) is 12.0 Å². The number of hydrogen-bond acceptors (Lipinski definition) is 4. The van der Waals surface area contributed by atoms with E-state index in [1.54, 1.807) is 6.92 Å². The van der Waals surface area contributed by atoms with Crippen molar-refractivity contribution in [3.63, 3.8) is 0 Å². The van der Waals surface area contributed by atoms with Crippen LogP contribution < -0.4 is 5.73 Å². The first kappa shape index (κ1) is 12.5.